The molecule has 3 rings (SSSR count). The van der Waals surface area contributed by atoms with Crippen LogP contribution in [0.1, 0.15) is 37.7 Å². The van der Waals surface area contributed by atoms with E-state index in [1.54, 1.807) is 17.3 Å². The third-order valence-corrected chi connectivity index (χ3v) is 4.51. The Morgan fingerprint density at radius 3 is 2.76 bits per heavy atom. The van der Waals surface area contributed by atoms with Crippen LogP contribution in [-0.2, 0) is 16.1 Å². The number of amides is 2. The topological polar surface area (TPSA) is 62.3 Å². The molecule has 2 aliphatic rings. The summed E-state index contributed by atoms with van der Waals surface area (Å²) in [5.74, 6) is 0.305. The van der Waals surface area contributed by atoms with E-state index >= 15 is 0 Å². The summed E-state index contributed by atoms with van der Waals surface area (Å²) in [7, 11) is 0. The lowest BCUT2D eigenvalue weighted by atomic mass is 9.82. The van der Waals surface area contributed by atoms with Gasteiger partial charge in [-0.3, -0.25) is 14.6 Å². The van der Waals surface area contributed by atoms with Crippen LogP contribution >= 0.6 is 0 Å². The monoisotopic (exact) mass is 287 g/mol. The SMILES string of the molecule is O=C1NCC(=O)N(Cc2cccnc2)C1C1CCCCC1. The molecule has 0 bridgehead atoms. The van der Waals surface area contributed by atoms with E-state index < -0.39 is 0 Å². The van der Waals surface area contributed by atoms with E-state index in [9.17, 15) is 9.59 Å². The maximum absolute atomic E-state index is 12.3. The number of nitrogens with zero attached hydrogens (tertiary/aromatic N) is 2. The van der Waals surface area contributed by atoms with E-state index in [0.29, 0.717) is 12.5 Å². The van der Waals surface area contributed by atoms with Crippen molar-refractivity contribution in [3.8, 4) is 0 Å². The van der Waals surface area contributed by atoms with Crippen molar-refractivity contribution in [3.05, 3.63) is 30.1 Å². The highest BCUT2D eigenvalue weighted by molar-refractivity contribution is 5.95. The maximum Gasteiger partial charge on any atom is 0.243 e. The smallest absolute Gasteiger partial charge is 0.243 e. The summed E-state index contributed by atoms with van der Waals surface area (Å²) in [6.07, 6.45) is 9.10. The van der Waals surface area contributed by atoms with Crippen molar-refractivity contribution in [2.24, 2.45) is 5.92 Å². The number of carbonyl (C=O) groups is 2. The van der Waals surface area contributed by atoms with Gasteiger partial charge < -0.3 is 10.2 Å². The van der Waals surface area contributed by atoms with Gasteiger partial charge in [0.2, 0.25) is 11.8 Å². The second-order valence-electron chi connectivity index (χ2n) is 5.94. The molecule has 5 nitrogen and oxygen atoms in total. The minimum atomic E-state index is -0.313. The highest BCUT2D eigenvalue weighted by Crippen LogP contribution is 2.31. The van der Waals surface area contributed by atoms with Gasteiger partial charge in [-0.15, -0.1) is 0 Å². The molecule has 1 aliphatic carbocycles. The Morgan fingerprint density at radius 2 is 2.05 bits per heavy atom. The van der Waals surface area contributed by atoms with Gasteiger partial charge in [0.05, 0.1) is 6.54 Å². The lowest BCUT2D eigenvalue weighted by Gasteiger charge is -2.40. The Labute approximate surface area is 124 Å². The Hall–Kier alpha value is -1.91. The van der Waals surface area contributed by atoms with Gasteiger partial charge in [0, 0.05) is 18.9 Å². The molecule has 5 heteroatoms. The van der Waals surface area contributed by atoms with E-state index in [2.05, 4.69) is 10.3 Å². The number of pyridine rings is 1. The van der Waals surface area contributed by atoms with Crippen molar-refractivity contribution in [2.75, 3.05) is 6.54 Å². The third kappa shape index (κ3) is 3.06. The maximum atomic E-state index is 12.3. The van der Waals surface area contributed by atoms with Crippen molar-refractivity contribution in [3.63, 3.8) is 0 Å². The van der Waals surface area contributed by atoms with Crippen molar-refractivity contribution in [2.45, 2.75) is 44.7 Å². The van der Waals surface area contributed by atoms with Gasteiger partial charge in [-0.1, -0.05) is 25.3 Å². The molecule has 1 saturated carbocycles. The highest BCUT2D eigenvalue weighted by Gasteiger charge is 2.39. The molecule has 2 fully saturated rings. The normalized spacial score (nSPS) is 24.0. The van der Waals surface area contributed by atoms with Crippen LogP contribution < -0.4 is 5.32 Å². The number of hydrogen-bond donors (Lipinski definition) is 1. The van der Waals surface area contributed by atoms with Crippen LogP contribution in [0.2, 0.25) is 0 Å². The molecule has 112 valence electrons. The number of hydrogen-bond acceptors (Lipinski definition) is 3. The molecule has 1 aliphatic heterocycles. The van der Waals surface area contributed by atoms with Gasteiger partial charge in [0.25, 0.3) is 0 Å². The van der Waals surface area contributed by atoms with Crippen molar-refractivity contribution in [1.82, 2.24) is 15.2 Å². The van der Waals surface area contributed by atoms with Crippen molar-refractivity contribution >= 4 is 11.8 Å². The number of aromatic nitrogens is 1. The summed E-state index contributed by atoms with van der Waals surface area (Å²) in [6.45, 7) is 0.587. The molecular formula is C16H21N3O2. The number of carbonyl (C=O) groups excluding carboxylic acids is 2. The molecule has 1 aromatic heterocycles. The molecule has 1 aromatic rings. The molecular weight excluding hydrogens is 266 g/mol. The molecule has 1 atom stereocenters. The molecule has 2 heterocycles. The highest BCUT2D eigenvalue weighted by atomic mass is 16.2. The Kier molecular flexibility index (Phi) is 4.18. The Balaban J connectivity index is 1.81. The molecule has 1 N–H and O–H groups in total. The van der Waals surface area contributed by atoms with Gasteiger partial charge >= 0.3 is 0 Å². The third-order valence-electron chi connectivity index (χ3n) is 4.51. The zero-order valence-corrected chi connectivity index (χ0v) is 12.1. The van der Waals surface area contributed by atoms with E-state index in [1.165, 1.54) is 6.42 Å². The number of piperazine rings is 1. The van der Waals surface area contributed by atoms with E-state index in [1.807, 2.05) is 12.1 Å². The average Bonchev–Trinajstić information content (AvgIpc) is 2.53. The first-order valence-corrected chi connectivity index (χ1v) is 7.72. The van der Waals surface area contributed by atoms with Gasteiger partial charge in [0.15, 0.2) is 0 Å². The van der Waals surface area contributed by atoms with Crippen LogP contribution in [-0.4, -0.2) is 34.3 Å². The first-order valence-electron chi connectivity index (χ1n) is 7.72. The predicted molar refractivity (Wildman–Crippen MR) is 78.2 cm³/mol. The number of nitrogens with one attached hydrogen (secondary N) is 1. The van der Waals surface area contributed by atoms with Gasteiger partial charge in [0.1, 0.15) is 6.04 Å². The first-order chi connectivity index (χ1) is 10.3. The molecule has 21 heavy (non-hydrogen) atoms. The molecule has 2 amide bonds. The lowest BCUT2D eigenvalue weighted by molar-refractivity contribution is -0.149. The fraction of sp³-hybridized carbons (Fsp3) is 0.562. The molecule has 1 unspecified atom stereocenters. The fourth-order valence-electron chi connectivity index (χ4n) is 3.46. The molecule has 1 saturated heterocycles. The summed E-state index contributed by atoms with van der Waals surface area (Å²) in [4.78, 5) is 30.5. The summed E-state index contributed by atoms with van der Waals surface area (Å²) < 4.78 is 0. The van der Waals surface area contributed by atoms with Crippen LogP contribution in [0.25, 0.3) is 0 Å². The molecule has 0 spiro atoms. The van der Waals surface area contributed by atoms with Crippen molar-refractivity contribution < 1.29 is 9.59 Å². The Morgan fingerprint density at radius 1 is 1.24 bits per heavy atom. The summed E-state index contributed by atoms with van der Waals surface area (Å²) in [6, 6.07) is 3.50. The first kappa shape index (κ1) is 14.0. The van der Waals surface area contributed by atoms with Crippen LogP contribution in [0.3, 0.4) is 0 Å². The zero-order chi connectivity index (χ0) is 14.7. The van der Waals surface area contributed by atoms with Crippen LogP contribution in [0.5, 0.6) is 0 Å². The van der Waals surface area contributed by atoms with E-state index in [-0.39, 0.29) is 24.4 Å². The van der Waals surface area contributed by atoms with Gasteiger partial charge in [-0.2, -0.15) is 0 Å². The Bertz CT molecular complexity index is 512. The van der Waals surface area contributed by atoms with Crippen molar-refractivity contribution in [1.29, 1.82) is 0 Å². The minimum Gasteiger partial charge on any atom is -0.345 e. The van der Waals surface area contributed by atoms with E-state index in [0.717, 1.165) is 31.2 Å². The van der Waals surface area contributed by atoms with E-state index in [4.69, 9.17) is 0 Å². The fourth-order valence-corrected chi connectivity index (χ4v) is 3.46. The van der Waals surface area contributed by atoms with Gasteiger partial charge in [-0.05, 0) is 30.4 Å². The second kappa shape index (κ2) is 6.24. The summed E-state index contributed by atoms with van der Waals surface area (Å²) in [5.41, 5.74) is 0.973. The summed E-state index contributed by atoms with van der Waals surface area (Å²) in [5, 5.41) is 2.75. The van der Waals surface area contributed by atoms with Gasteiger partial charge in [-0.25, -0.2) is 0 Å². The van der Waals surface area contributed by atoms with Crippen LogP contribution in [0.15, 0.2) is 24.5 Å². The molecule has 0 radical (unpaired) electrons. The predicted octanol–water partition coefficient (Wildman–Crippen LogP) is 1.49. The largest absolute Gasteiger partial charge is 0.345 e. The standard InChI is InChI=1S/C16H21N3O2/c20-14-10-18-16(21)15(13-6-2-1-3-7-13)19(14)11-12-5-4-8-17-9-12/h4-5,8-9,13,15H,1-3,6-7,10-11H2,(H,18,21). The van der Waals surface area contributed by atoms with Crippen LogP contribution in [0.4, 0.5) is 0 Å². The van der Waals surface area contributed by atoms with Crippen LogP contribution in [0, 0.1) is 5.92 Å². The molecule has 0 aromatic carbocycles. The minimum absolute atomic E-state index is 0.00499. The number of rotatable bonds is 3. The second-order valence-corrected chi connectivity index (χ2v) is 5.94. The average molecular weight is 287 g/mol. The zero-order valence-electron chi connectivity index (χ0n) is 12.1. The summed E-state index contributed by atoms with van der Waals surface area (Å²) >= 11 is 0. The lowest BCUT2D eigenvalue weighted by Crippen LogP contribution is -2.60. The quantitative estimate of drug-likeness (QED) is 0.916.